The van der Waals surface area contributed by atoms with Crippen LogP contribution in [0.15, 0.2) is 18.2 Å². The molecule has 0 saturated carbocycles. The lowest BCUT2D eigenvalue weighted by Crippen LogP contribution is -2.25. The fourth-order valence-corrected chi connectivity index (χ4v) is 3.33. The second kappa shape index (κ2) is 5.56. The molecule has 0 saturated heterocycles. The molecule has 0 aliphatic carbocycles. The summed E-state index contributed by atoms with van der Waals surface area (Å²) in [7, 11) is 0. The molecule has 1 aromatic carbocycles. The molecule has 1 heterocycles. The molecular formula is C18H28O. The third kappa shape index (κ3) is 2.96. The molecule has 0 amide bonds. The van der Waals surface area contributed by atoms with Crippen molar-refractivity contribution in [3.05, 3.63) is 29.3 Å². The molecule has 1 nitrogen and oxygen atoms in total. The minimum absolute atomic E-state index is 0.311. The van der Waals surface area contributed by atoms with Crippen molar-refractivity contribution in [1.82, 2.24) is 0 Å². The fraction of sp³-hybridized carbons (Fsp3) is 0.667. The SMILES string of the molecule is CCC(CC)c1ccc2c(c1)C(C(C)(C)C)CCO2. The van der Waals surface area contributed by atoms with E-state index in [1.165, 1.54) is 24.0 Å². The summed E-state index contributed by atoms with van der Waals surface area (Å²) in [6, 6.07) is 6.88. The predicted octanol–water partition coefficient (Wildman–Crippen LogP) is 5.50. The van der Waals surface area contributed by atoms with Crippen molar-refractivity contribution >= 4 is 0 Å². The van der Waals surface area contributed by atoms with Crippen LogP contribution in [0.25, 0.3) is 0 Å². The van der Waals surface area contributed by atoms with E-state index in [9.17, 15) is 0 Å². The van der Waals surface area contributed by atoms with E-state index in [1.54, 1.807) is 0 Å². The van der Waals surface area contributed by atoms with E-state index < -0.39 is 0 Å². The van der Waals surface area contributed by atoms with Crippen LogP contribution in [0, 0.1) is 5.41 Å². The molecule has 1 aliphatic rings. The Hall–Kier alpha value is -0.980. The molecule has 1 heteroatoms. The van der Waals surface area contributed by atoms with Crippen LogP contribution in [0.3, 0.4) is 0 Å². The molecule has 2 rings (SSSR count). The van der Waals surface area contributed by atoms with E-state index in [2.05, 4.69) is 52.8 Å². The van der Waals surface area contributed by atoms with Crippen molar-refractivity contribution in [3.8, 4) is 5.75 Å². The Morgan fingerprint density at radius 1 is 1.21 bits per heavy atom. The molecule has 0 fully saturated rings. The van der Waals surface area contributed by atoms with Gasteiger partial charge in [0, 0.05) is 0 Å². The summed E-state index contributed by atoms with van der Waals surface area (Å²) < 4.78 is 5.85. The van der Waals surface area contributed by atoms with Crippen molar-refractivity contribution in [2.75, 3.05) is 6.61 Å². The molecule has 0 N–H and O–H groups in total. The van der Waals surface area contributed by atoms with Crippen molar-refractivity contribution in [1.29, 1.82) is 0 Å². The molecule has 1 atom stereocenters. The first kappa shape index (κ1) is 14.4. The van der Waals surface area contributed by atoms with Crippen LogP contribution in [-0.2, 0) is 0 Å². The van der Waals surface area contributed by atoms with E-state index in [4.69, 9.17) is 4.74 Å². The second-order valence-corrected chi connectivity index (χ2v) is 6.87. The third-order valence-electron chi connectivity index (χ3n) is 4.58. The Balaban J connectivity index is 2.41. The number of ether oxygens (including phenoxy) is 1. The van der Waals surface area contributed by atoms with E-state index in [0.29, 0.717) is 17.3 Å². The zero-order chi connectivity index (χ0) is 14.0. The highest BCUT2D eigenvalue weighted by Gasteiger charge is 2.31. The Morgan fingerprint density at radius 3 is 2.47 bits per heavy atom. The van der Waals surface area contributed by atoms with Gasteiger partial charge in [0.1, 0.15) is 5.75 Å². The van der Waals surface area contributed by atoms with Gasteiger partial charge in [-0.15, -0.1) is 0 Å². The minimum Gasteiger partial charge on any atom is -0.493 e. The summed E-state index contributed by atoms with van der Waals surface area (Å²) in [6.07, 6.45) is 3.58. The van der Waals surface area contributed by atoms with E-state index in [1.807, 2.05) is 0 Å². The van der Waals surface area contributed by atoms with Crippen LogP contribution >= 0.6 is 0 Å². The molecule has 1 unspecified atom stereocenters. The molecule has 0 bridgehead atoms. The number of fused-ring (bicyclic) bond motifs is 1. The lowest BCUT2D eigenvalue weighted by molar-refractivity contribution is 0.203. The van der Waals surface area contributed by atoms with Crippen LogP contribution < -0.4 is 4.74 Å². The fourth-order valence-electron chi connectivity index (χ4n) is 3.33. The summed E-state index contributed by atoms with van der Waals surface area (Å²) in [5, 5.41) is 0. The van der Waals surface area contributed by atoms with Crippen molar-refractivity contribution < 1.29 is 4.74 Å². The van der Waals surface area contributed by atoms with Gasteiger partial charge >= 0.3 is 0 Å². The van der Waals surface area contributed by atoms with Gasteiger partial charge in [0.05, 0.1) is 6.61 Å². The summed E-state index contributed by atoms with van der Waals surface area (Å²) in [5.41, 5.74) is 3.23. The van der Waals surface area contributed by atoms with Gasteiger partial charge in [0.15, 0.2) is 0 Å². The number of hydrogen-bond acceptors (Lipinski definition) is 1. The average molecular weight is 260 g/mol. The average Bonchev–Trinajstić information content (AvgIpc) is 2.38. The van der Waals surface area contributed by atoms with Gasteiger partial charge < -0.3 is 4.74 Å². The maximum Gasteiger partial charge on any atom is 0.122 e. The van der Waals surface area contributed by atoms with Gasteiger partial charge in [-0.1, -0.05) is 46.8 Å². The molecule has 19 heavy (non-hydrogen) atoms. The van der Waals surface area contributed by atoms with Crippen LogP contribution in [-0.4, -0.2) is 6.61 Å². The topological polar surface area (TPSA) is 9.23 Å². The van der Waals surface area contributed by atoms with Gasteiger partial charge in [0.2, 0.25) is 0 Å². The van der Waals surface area contributed by atoms with Gasteiger partial charge in [0.25, 0.3) is 0 Å². The van der Waals surface area contributed by atoms with Crippen molar-refractivity contribution in [3.63, 3.8) is 0 Å². The second-order valence-electron chi connectivity index (χ2n) is 6.87. The largest absolute Gasteiger partial charge is 0.493 e. The highest BCUT2D eigenvalue weighted by molar-refractivity contribution is 5.43. The maximum atomic E-state index is 5.85. The zero-order valence-electron chi connectivity index (χ0n) is 13.1. The summed E-state index contributed by atoms with van der Waals surface area (Å²) in [6.45, 7) is 12.5. The van der Waals surface area contributed by atoms with Crippen LogP contribution in [0.5, 0.6) is 5.75 Å². The van der Waals surface area contributed by atoms with Gasteiger partial charge in [-0.25, -0.2) is 0 Å². The molecule has 106 valence electrons. The highest BCUT2D eigenvalue weighted by atomic mass is 16.5. The molecule has 1 aliphatic heterocycles. The monoisotopic (exact) mass is 260 g/mol. The first-order chi connectivity index (χ1) is 8.97. The van der Waals surface area contributed by atoms with Crippen molar-refractivity contribution in [2.24, 2.45) is 5.41 Å². The van der Waals surface area contributed by atoms with Gasteiger partial charge in [-0.3, -0.25) is 0 Å². The van der Waals surface area contributed by atoms with E-state index >= 15 is 0 Å². The Bertz CT molecular complexity index is 424. The summed E-state index contributed by atoms with van der Waals surface area (Å²) in [5.74, 6) is 2.42. The number of rotatable bonds is 3. The Kier molecular flexibility index (Phi) is 4.23. The standard InChI is InChI=1S/C18H28O/c1-6-13(7-2)14-8-9-17-15(12-14)16(10-11-19-17)18(3,4)5/h8-9,12-13,16H,6-7,10-11H2,1-5H3. The molecule has 0 radical (unpaired) electrons. The smallest absolute Gasteiger partial charge is 0.122 e. The molecule has 0 spiro atoms. The van der Waals surface area contributed by atoms with E-state index in [0.717, 1.165) is 18.8 Å². The number of hydrogen-bond donors (Lipinski definition) is 0. The Labute approximate surface area is 118 Å². The van der Waals surface area contributed by atoms with Crippen LogP contribution in [0.4, 0.5) is 0 Å². The third-order valence-corrected chi connectivity index (χ3v) is 4.58. The first-order valence-corrected chi connectivity index (χ1v) is 7.74. The molecule has 1 aromatic rings. The summed E-state index contributed by atoms with van der Waals surface area (Å²) >= 11 is 0. The quantitative estimate of drug-likeness (QED) is 0.697. The van der Waals surface area contributed by atoms with Gasteiger partial charge in [-0.2, -0.15) is 0 Å². The van der Waals surface area contributed by atoms with E-state index in [-0.39, 0.29) is 0 Å². The Morgan fingerprint density at radius 2 is 1.89 bits per heavy atom. The highest BCUT2D eigenvalue weighted by Crippen LogP contribution is 2.45. The minimum atomic E-state index is 0.311. The van der Waals surface area contributed by atoms with Crippen molar-refractivity contribution in [2.45, 2.75) is 65.7 Å². The maximum absolute atomic E-state index is 5.85. The van der Waals surface area contributed by atoms with Crippen LogP contribution in [0.2, 0.25) is 0 Å². The lowest BCUT2D eigenvalue weighted by Gasteiger charge is -2.36. The van der Waals surface area contributed by atoms with Crippen LogP contribution in [0.1, 0.15) is 76.8 Å². The molecule has 0 aromatic heterocycles. The lowest BCUT2D eigenvalue weighted by atomic mass is 9.73. The molecular weight excluding hydrogens is 232 g/mol. The summed E-state index contributed by atoms with van der Waals surface area (Å²) in [4.78, 5) is 0. The van der Waals surface area contributed by atoms with Gasteiger partial charge in [-0.05, 0) is 53.7 Å². The normalized spacial score (nSPS) is 19.2. The predicted molar refractivity (Wildman–Crippen MR) is 82.1 cm³/mol. The first-order valence-electron chi connectivity index (χ1n) is 7.74. The number of benzene rings is 1. The zero-order valence-corrected chi connectivity index (χ0v) is 13.1.